The normalized spacial score (nSPS) is 10.8. The van der Waals surface area contributed by atoms with Gasteiger partial charge in [0.05, 0.1) is 10.6 Å². The topological polar surface area (TPSA) is 51.5 Å². The van der Waals surface area contributed by atoms with E-state index in [0.29, 0.717) is 0 Å². The number of hydrogen-bond donors (Lipinski definition) is 1. The second-order valence-corrected chi connectivity index (χ2v) is 6.39. The number of carboxylic acids is 1. The molecule has 0 aliphatic heterocycles. The van der Waals surface area contributed by atoms with Crippen LogP contribution < -0.4 is 4.74 Å². The monoisotopic (exact) mass is 363 g/mol. The highest BCUT2D eigenvalue weighted by Crippen LogP contribution is 2.28. The van der Waals surface area contributed by atoms with Crippen LogP contribution in [0, 0.1) is 11.6 Å². The first-order chi connectivity index (χ1) is 12.0. The highest BCUT2D eigenvalue weighted by molar-refractivity contribution is 7.10. The highest BCUT2D eigenvalue weighted by Gasteiger charge is 2.15. The van der Waals surface area contributed by atoms with Crippen LogP contribution in [0.3, 0.4) is 0 Å². The summed E-state index contributed by atoms with van der Waals surface area (Å²) >= 11 is 1.44. The Bertz CT molecular complexity index is 851. The molecule has 0 saturated heterocycles. The van der Waals surface area contributed by atoms with Gasteiger partial charge in [0.25, 0.3) is 0 Å². The van der Waals surface area contributed by atoms with Gasteiger partial charge in [0.1, 0.15) is 6.61 Å². The number of hydrogen-bond acceptors (Lipinski definition) is 3. The van der Waals surface area contributed by atoms with Crippen LogP contribution in [0.4, 0.5) is 8.78 Å². The van der Waals surface area contributed by atoms with Crippen LogP contribution in [0.1, 0.15) is 16.9 Å². The first-order valence-electron chi connectivity index (χ1n) is 7.57. The summed E-state index contributed by atoms with van der Waals surface area (Å²) in [7, 11) is 0. The molecule has 0 atom stereocenters. The van der Waals surface area contributed by atoms with Gasteiger partial charge >= 0.3 is 5.97 Å². The molecule has 3 aromatic rings. The molecule has 2 heterocycles. The lowest BCUT2D eigenvalue weighted by Crippen LogP contribution is -2.03. The Morgan fingerprint density at radius 3 is 2.52 bits per heavy atom. The smallest absolute Gasteiger partial charge is 0.303 e. The minimum atomic E-state index is -1.02. The average Bonchev–Trinajstić information content (AvgIpc) is 3.23. The predicted molar refractivity (Wildman–Crippen MR) is 90.3 cm³/mol. The van der Waals surface area contributed by atoms with E-state index in [4.69, 9.17) is 9.84 Å². The molecule has 7 heteroatoms. The minimum absolute atomic E-state index is 0.0352. The minimum Gasteiger partial charge on any atom is -0.482 e. The average molecular weight is 363 g/mol. The van der Waals surface area contributed by atoms with Crippen LogP contribution in [0.5, 0.6) is 5.75 Å². The van der Waals surface area contributed by atoms with Crippen molar-refractivity contribution < 1.29 is 23.4 Å². The lowest BCUT2D eigenvalue weighted by Gasteiger charge is -2.11. The van der Waals surface area contributed by atoms with E-state index in [1.165, 1.54) is 11.3 Å². The zero-order chi connectivity index (χ0) is 17.8. The fraction of sp³-hybridized carbons (Fsp3) is 0.167. The van der Waals surface area contributed by atoms with E-state index >= 15 is 0 Å². The van der Waals surface area contributed by atoms with Crippen molar-refractivity contribution in [2.45, 2.75) is 19.4 Å². The van der Waals surface area contributed by atoms with E-state index in [1.807, 2.05) is 40.5 Å². The van der Waals surface area contributed by atoms with Gasteiger partial charge in [-0.15, -0.1) is 11.3 Å². The van der Waals surface area contributed by atoms with Gasteiger partial charge in [0.15, 0.2) is 17.4 Å². The molecule has 0 aliphatic rings. The van der Waals surface area contributed by atoms with E-state index in [0.717, 1.165) is 22.7 Å². The Kier molecular flexibility index (Phi) is 5.14. The van der Waals surface area contributed by atoms with E-state index in [-0.39, 0.29) is 25.0 Å². The summed E-state index contributed by atoms with van der Waals surface area (Å²) in [6.45, 7) is 0.0352. The number of aromatic nitrogens is 1. The molecule has 0 aliphatic carbocycles. The summed E-state index contributed by atoms with van der Waals surface area (Å²) in [6.07, 6.45) is 3.63. The molecule has 0 fully saturated rings. The van der Waals surface area contributed by atoms with Crippen LogP contribution in [0.2, 0.25) is 0 Å². The Hall–Kier alpha value is -2.67. The van der Waals surface area contributed by atoms with Crippen LogP contribution in [-0.4, -0.2) is 15.6 Å². The van der Waals surface area contributed by atoms with Crippen molar-refractivity contribution in [3.8, 4) is 11.4 Å². The molecular formula is C18H15F2NO3S. The van der Waals surface area contributed by atoms with Crippen molar-refractivity contribution in [1.29, 1.82) is 0 Å². The van der Waals surface area contributed by atoms with Gasteiger partial charge in [0.2, 0.25) is 0 Å². The fourth-order valence-corrected chi connectivity index (χ4v) is 3.23. The number of thiophene rings is 1. The van der Waals surface area contributed by atoms with Gasteiger partial charge in [-0.05, 0) is 47.7 Å². The molecule has 0 saturated carbocycles. The Balaban J connectivity index is 1.74. The maximum Gasteiger partial charge on any atom is 0.303 e. The maximum atomic E-state index is 14.1. The van der Waals surface area contributed by atoms with Crippen molar-refractivity contribution in [2.75, 3.05) is 0 Å². The third-order valence-electron chi connectivity index (χ3n) is 3.64. The first kappa shape index (κ1) is 17.2. The number of carbonyl (C=O) groups is 1. The zero-order valence-corrected chi connectivity index (χ0v) is 13.9. The molecular weight excluding hydrogens is 348 g/mol. The molecule has 1 N–H and O–H groups in total. The summed E-state index contributed by atoms with van der Waals surface area (Å²) in [5.74, 6) is -3.14. The number of ether oxygens (including phenoxy) is 1. The van der Waals surface area contributed by atoms with Crippen molar-refractivity contribution >= 4 is 17.3 Å². The lowest BCUT2D eigenvalue weighted by molar-refractivity contribution is -0.136. The van der Waals surface area contributed by atoms with E-state index < -0.39 is 23.4 Å². The molecule has 1 aromatic carbocycles. The molecule has 2 aromatic heterocycles. The number of nitrogens with zero attached hydrogens (tertiary/aromatic N) is 1. The van der Waals surface area contributed by atoms with E-state index in [2.05, 4.69) is 0 Å². The maximum absolute atomic E-state index is 14.1. The van der Waals surface area contributed by atoms with Gasteiger partial charge in [-0.3, -0.25) is 4.79 Å². The Morgan fingerprint density at radius 1 is 1.20 bits per heavy atom. The van der Waals surface area contributed by atoms with E-state index in [9.17, 15) is 13.6 Å². The molecule has 25 heavy (non-hydrogen) atoms. The second kappa shape index (κ2) is 7.48. The fourth-order valence-electron chi connectivity index (χ4n) is 2.45. The standard InChI is InChI=1S/C18H15F2NO3S/c19-13-9-12(3-4-17(22)23)10-14(20)18(13)24-11-16-15(5-8-25-16)21-6-1-2-7-21/h1-2,5-10H,3-4,11H2,(H,22,23). The van der Waals surface area contributed by atoms with Crippen LogP contribution >= 0.6 is 11.3 Å². The van der Waals surface area contributed by atoms with Crippen LogP contribution in [0.25, 0.3) is 5.69 Å². The van der Waals surface area contributed by atoms with Crippen molar-refractivity contribution in [1.82, 2.24) is 4.57 Å². The van der Waals surface area contributed by atoms with Crippen molar-refractivity contribution in [3.63, 3.8) is 0 Å². The van der Waals surface area contributed by atoms with Crippen molar-refractivity contribution in [2.24, 2.45) is 0 Å². The molecule has 130 valence electrons. The summed E-state index contributed by atoms with van der Waals surface area (Å²) < 4.78 is 35.5. The van der Waals surface area contributed by atoms with Gasteiger partial charge in [-0.25, -0.2) is 8.78 Å². The number of aliphatic carboxylic acids is 1. The number of halogens is 2. The molecule has 0 radical (unpaired) electrons. The molecule has 0 amide bonds. The Labute approximate surface area is 146 Å². The highest BCUT2D eigenvalue weighted by atomic mass is 32.1. The molecule has 4 nitrogen and oxygen atoms in total. The number of aryl methyl sites for hydroxylation is 1. The number of rotatable bonds is 7. The zero-order valence-electron chi connectivity index (χ0n) is 13.1. The largest absolute Gasteiger partial charge is 0.482 e. The molecule has 0 bridgehead atoms. The Morgan fingerprint density at radius 2 is 1.88 bits per heavy atom. The first-order valence-corrected chi connectivity index (χ1v) is 8.45. The lowest BCUT2D eigenvalue weighted by atomic mass is 10.1. The summed E-state index contributed by atoms with van der Waals surface area (Å²) in [4.78, 5) is 11.4. The quantitative estimate of drug-likeness (QED) is 0.676. The summed E-state index contributed by atoms with van der Waals surface area (Å²) in [6, 6.07) is 7.91. The van der Waals surface area contributed by atoms with Gasteiger partial charge in [-0.1, -0.05) is 0 Å². The van der Waals surface area contributed by atoms with Crippen molar-refractivity contribution in [3.05, 3.63) is 70.2 Å². The van der Waals surface area contributed by atoms with E-state index in [1.54, 1.807) is 0 Å². The predicted octanol–water partition coefficient (Wildman–Crippen LogP) is 4.41. The van der Waals surface area contributed by atoms with Crippen LogP contribution in [0.15, 0.2) is 48.1 Å². The third kappa shape index (κ3) is 4.06. The van der Waals surface area contributed by atoms with Crippen LogP contribution in [-0.2, 0) is 17.8 Å². The summed E-state index contributed by atoms with van der Waals surface area (Å²) in [5, 5.41) is 10.5. The second-order valence-electron chi connectivity index (χ2n) is 5.39. The number of benzene rings is 1. The molecule has 0 unspecified atom stereocenters. The number of carboxylic acid groups (broad SMARTS) is 1. The SMILES string of the molecule is O=C(O)CCc1cc(F)c(OCc2sccc2-n2cccc2)c(F)c1. The summed E-state index contributed by atoms with van der Waals surface area (Å²) in [5.41, 5.74) is 1.18. The molecule has 3 rings (SSSR count). The van der Waals surface area contributed by atoms with Gasteiger partial charge in [-0.2, -0.15) is 0 Å². The van der Waals surface area contributed by atoms with Gasteiger partial charge < -0.3 is 14.4 Å². The van der Waals surface area contributed by atoms with Gasteiger partial charge in [0, 0.05) is 18.8 Å². The molecule has 0 spiro atoms. The third-order valence-corrected chi connectivity index (χ3v) is 4.52.